The second-order valence-corrected chi connectivity index (χ2v) is 8.01. The van der Waals surface area contributed by atoms with Crippen molar-refractivity contribution in [2.45, 2.75) is 0 Å². The van der Waals surface area contributed by atoms with Crippen molar-refractivity contribution in [3.63, 3.8) is 0 Å². The normalized spacial score (nSPS) is 12.9. The molecule has 4 rings (SSSR count). The largest absolute Gasteiger partial charge is 0.486 e. The van der Waals surface area contributed by atoms with E-state index >= 15 is 0 Å². The molecular formula is C22H24ClN3O3S. The summed E-state index contributed by atoms with van der Waals surface area (Å²) in [6, 6.07) is 13.6. The number of carbonyl (C=O) groups is 1. The van der Waals surface area contributed by atoms with Gasteiger partial charge in [0.05, 0.1) is 10.2 Å². The molecule has 1 aliphatic heterocycles. The molecule has 8 heteroatoms. The van der Waals surface area contributed by atoms with Crippen molar-refractivity contribution in [2.75, 3.05) is 45.3 Å². The van der Waals surface area contributed by atoms with E-state index in [0.717, 1.165) is 28.1 Å². The van der Waals surface area contributed by atoms with Crippen molar-refractivity contribution in [3.05, 3.63) is 54.1 Å². The molecule has 30 heavy (non-hydrogen) atoms. The minimum absolute atomic E-state index is 0. The molecule has 158 valence electrons. The molecule has 0 bridgehead atoms. The van der Waals surface area contributed by atoms with Gasteiger partial charge in [0.25, 0.3) is 5.91 Å². The van der Waals surface area contributed by atoms with E-state index in [4.69, 9.17) is 14.5 Å². The molecule has 1 amide bonds. The first-order valence-electron chi connectivity index (χ1n) is 9.50. The molecule has 0 radical (unpaired) electrons. The Kier molecular flexibility index (Phi) is 7.31. The standard InChI is InChI=1S/C22H23N3O3S.ClH/c1-24(2)10-11-25(21(26)9-8-16-6-4-3-5-7-16)22-23-17-14-18-19(15-20(17)29-22)28-13-12-27-18;/h3-9,14-15H,10-13H2,1-2H3;1H. The van der Waals surface area contributed by atoms with Crippen molar-refractivity contribution in [2.24, 2.45) is 0 Å². The Labute approximate surface area is 186 Å². The van der Waals surface area contributed by atoms with Gasteiger partial charge in [0.2, 0.25) is 0 Å². The lowest BCUT2D eigenvalue weighted by Crippen LogP contribution is -2.35. The number of likely N-dealkylation sites (N-methyl/N-ethyl adjacent to an activating group) is 1. The van der Waals surface area contributed by atoms with Gasteiger partial charge in [0.1, 0.15) is 13.2 Å². The Morgan fingerprint density at radius 1 is 1.10 bits per heavy atom. The van der Waals surface area contributed by atoms with E-state index in [0.29, 0.717) is 30.6 Å². The van der Waals surface area contributed by atoms with E-state index in [1.807, 2.05) is 62.6 Å². The Morgan fingerprint density at radius 3 is 2.50 bits per heavy atom. The smallest absolute Gasteiger partial charge is 0.252 e. The number of thiazole rings is 1. The fourth-order valence-electron chi connectivity index (χ4n) is 2.99. The molecule has 6 nitrogen and oxygen atoms in total. The number of ether oxygens (including phenoxy) is 2. The monoisotopic (exact) mass is 445 g/mol. The van der Waals surface area contributed by atoms with Crippen LogP contribution in [0.5, 0.6) is 11.5 Å². The second kappa shape index (κ2) is 9.93. The fraction of sp³-hybridized carbons (Fsp3) is 0.273. The van der Waals surface area contributed by atoms with Crippen LogP contribution in [0.4, 0.5) is 5.13 Å². The fourth-order valence-corrected chi connectivity index (χ4v) is 4.00. The van der Waals surface area contributed by atoms with Gasteiger partial charge in [-0.2, -0.15) is 0 Å². The van der Waals surface area contributed by atoms with Crippen LogP contribution in [0.25, 0.3) is 16.3 Å². The highest BCUT2D eigenvalue weighted by Gasteiger charge is 2.20. The maximum Gasteiger partial charge on any atom is 0.252 e. The highest BCUT2D eigenvalue weighted by molar-refractivity contribution is 7.22. The van der Waals surface area contributed by atoms with Gasteiger partial charge in [0, 0.05) is 31.3 Å². The molecule has 0 spiro atoms. The number of halogens is 1. The predicted molar refractivity (Wildman–Crippen MR) is 124 cm³/mol. The maximum absolute atomic E-state index is 13.0. The third kappa shape index (κ3) is 5.11. The van der Waals surface area contributed by atoms with Crippen LogP contribution in [-0.4, -0.2) is 56.2 Å². The number of anilines is 1. The highest BCUT2D eigenvalue weighted by atomic mass is 35.5. The summed E-state index contributed by atoms with van der Waals surface area (Å²) in [6.07, 6.45) is 3.44. The zero-order chi connectivity index (χ0) is 20.2. The molecule has 2 aromatic carbocycles. The number of hydrogen-bond acceptors (Lipinski definition) is 6. The Morgan fingerprint density at radius 2 is 1.80 bits per heavy atom. The molecule has 0 fully saturated rings. The Balaban J connectivity index is 0.00000256. The molecule has 3 aromatic rings. The highest BCUT2D eigenvalue weighted by Crippen LogP contribution is 2.38. The number of benzene rings is 2. The quantitative estimate of drug-likeness (QED) is 0.535. The lowest BCUT2D eigenvalue weighted by molar-refractivity contribution is -0.114. The molecule has 0 saturated heterocycles. The average Bonchev–Trinajstić information content (AvgIpc) is 3.13. The van der Waals surface area contributed by atoms with E-state index in [1.165, 1.54) is 11.3 Å². The zero-order valence-corrected chi connectivity index (χ0v) is 18.5. The molecular weight excluding hydrogens is 422 g/mol. The van der Waals surface area contributed by atoms with Crippen LogP contribution in [0, 0.1) is 0 Å². The lowest BCUT2D eigenvalue weighted by atomic mass is 10.2. The summed E-state index contributed by atoms with van der Waals surface area (Å²) < 4.78 is 12.3. The second-order valence-electron chi connectivity index (χ2n) is 7.00. The molecule has 2 heterocycles. The number of rotatable bonds is 6. The Bertz CT molecular complexity index is 994. The minimum Gasteiger partial charge on any atom is -0.486 e. The van der Waals surface area contributed by atoms with Crippen LogP contribution < -0.4 is 14.4 Å². The van der Waals surface area contributed by atoms with Crippen LogP contribution in [0.1, 0.15) is 5.56 Å². The number of fused-ring (bicyclic) bond motifs is 2. The number of aromatic nitrogens is 1. The van der Waals surface area contributed by atoms with Crippen molar-refractivity contribution >= 4 is 51.1 Å². The van der Waals surface area contributed by atoms with Crippen molar-refractivity contribution < 1.29 is 14.3 Å². The van der Waals surface area contributed by atoms with Crippen molar-refractivity contribution in [3.8, 4) is 11.5 Å². The van der Waals surface area contributed by atoms with Gasteiger partial charge < -0.3 is 14.4 Å². The summed E-state index contributed by atoms with van der Waals surface area (Å²) in [5.74, 6) is 1.34. The van der Waals surface area contributed by atoms with Crippen molar-refractivity contribution in [1.82, 2.24) is 9.88 Å². The van der Waals surface area contributed by atoms with Gasteiger partial charge in [-0.3, -0.25) is 9.69 Å². The maximum atomic E-state index is 13.0. The Hall–Kier alpha value is -2.61. The number of carbonyl (C=O) groups excluding carboxylic acids is 1. The lowest BCUT2D eigenvalue weighted by Gasteiger charge is -2.20. The van der Waals surface area contributed by atoms with Gasteiger partial charge >= 0.3 is 0 Å². The van der Waals surface area contributed by atoms with Gasteiger partial charge in [0.15, 0.2) is 16.6 Å². The summed E-state index contributed by atoms with van der Waals surface area (Å²) in [4.78, 5) is 21.5. The topological polar surface area (TPSA) is 54.9 Å². The van der Waals surface area contributed by atoms with Crippen LogP contribution in [0.2, 0.25) is 0 Å². The van der Waals surface area contributed by atoms with E-state index in [2.05, 4.69) is 4.90 Å². The first-order valence-corrected chi connectivity index (χ1v) is 10.3. The zero-order valence-electron chi connectivity index (χ0n) is 16.9. The number of hydrogen-bond donors (Lipinski definition) is 0. The molecule has 0 N–H and O–H groups in total. The van der Waals surface area contributed by atoms with Gasteiger partial charge in [-0.25, -0.2) is 4.98 Å². The summed E-state index contributed by atoms with van der Waals surface area (Å²) in [5, 5.41) is 0.673. The van der Waals surface area contributed by atoms with Crippen LogP contribution in [0.15, 0.2) is 48.5 Å². The SMILES string of the molecule is CN(C)CCN(C(=O)C=Cc1ccccc1)c1nc2cc3c(cc2s1)OCCO3.Cl. The van der Waals surface area contributed by atoms with E-state index < -0.39 is 0 Å². The third-order valence-corrected chi connectivity index (χ3v) is 5.57. The third-order valence-electron chi connectivity index (χ3n) is 4.53. The summed E-state index contributed by atoms with van der Waals surface area (Å²) >= 11 is 1.49. The predicted octanol–water partition coefficient (Wildman–Crippen LogP) is 4.10. The van der Waals surface area contributed by atoms with E-state index in [-0.39, 0.29) is 18.3 Å². The molecule has 0 atom stereocenters. The number of amides is 1. The number of nitrogens with zero attached hydrogens (tertiary/aromatic N) is 3. The van der Waals surface area contributed by atoms with Crippen molar-refractivity contribution in [1.29, 1.82) is 0 Å². The van der Waals surface area contributed by atoms with E-state index in [1.54, 1.807) is 11.0 Å². The molecule has 0 saturated carbocycles. The average molecular weight is 446 g/mol. The van der Waals surface area contributed by atoms with Gasteiger partial charge in [-0.1, -0.05) is 41.7 Å². The van der Waals surface area contributed by atoms with Gasteiger partial charge in [-0.05, 0) is 25.7 Å². The van der Waals surface area contributed by atoms with Crippen LogP contribution in [-0.2, 0) is 4.79 Å². The summed E-state index contributed by atoms with van der Waals surface area (Å²) in [7, 11) is 3.98. The van der Waals surface area contributed by atoms with E-state index in [9.17, 15) is 4.79 Å². The van der Waals surface area contributed by atoms with Crippen LogP contribution >= 0.6 is 23.7 Å². The van der Waals surface area contributed by atoms with Crippen LogP contribution in [0.3, 0.4) is 0 Å². The molecule has 0 aliphatic carbocycles. The summed E-state index contributed by atoms with van der Waals surface area (Å²) in [5.41, 5.74) is 1.80. The minimum atomic E-state index is -0.0907. The molecule has 1 aromatic heterocycles. The first kappa shape index (κ1) is 22.1. The molecule has 0 unspecified atom stereocenters. The first-order chi connectivity index (χ1) is 14.1. The van der Waals surface area contributed by atoms with Gasteiger partial charge in [-0.15, -0.1) is 12.4 Å². The summed E-state index contributed by atoms with van der Waals surface area (Å²) in [6.45, 7) is 2.37. The molecule has 1 aliphatic rings.